The Morgan fingerprint density at radius 1 is 0.800 bits per heavy atom. The van der Waals surface area contributed by atoms with Crippen molar-refractivity contribution in [1.29, 1.82) is 0 Å². The molecule has 0 spiro atoms. The summed E-state index contributed by atoms with van der Waals surface area (Å²) in [5, 5.41) is 10.3. The lowest BCUT2D eigenvalue weighted by Crippen LogP contribution is -2.30. The highest BCUT2D eigenvalue weighted by Crippen LogP contribution is 2.39. The molecule has 284 valence electrons. The minimum Gasteiger partial charge on any atom is -0.493 e. The minimum atomic E-state index is -0.594. The van der Waals surface area contributed by atoms with Crippen molar-refractivity contribution in [1.82, 2.24) is 5.32 Å². The molecule has 0 saturated heterocycles. The van der Waals surface area contributed by atoms with E-state index in [0.29, 0.717) is 61.5 Å². The number of carbonyl (C=O) groups excluding carboxylic acids is 4. The van der Waals surface area contributed by atoms with Crippen LogP contribution in [0.3, 0.4) is 0 Å². The van der Waals surface area contributed by atoms with Gasteiger partial charge in [0.1, 0.15) is 16.3 Å². The predicted molar refractivity (Wildman–Crippen MR) is 217 cm³/mol. The van der Waals surface area contributed by atoms with Crippen LogP contribution in [0.4, 0.5) is 10.7 Å². The molecule has 0 aliphatic rings. The van der Waals surface area contributed by atoms with Crippen LogP contribution in [0.2, 0.25) is 0 Å². The van der Waals surface area contributed by atoms with E-state index in [1.807, 2.05) is 48.7 Å². The summed E-state index contributed by atoms with van der Waals surface area (Å²) in [4.78, 5) is 54.6. The van der Waals surface area contributed by atoms with Crippen LogP contribution in [-0.4, -0.2) is 56.9 Å². The number of hydrogen-bond acceptors (Lipinski definition) is 10. The van der Waals surface area contributed by atoms with Crippen LogP contribution < -0.4 is 30.2 Å². The first-order valence-electron chi connectivity index (χ1n) is 17.3. The van der Waals surface area contributed by atoms with Crippen molar-refractivity contribution in [2.24, 2.45) is 0 Å². The van der Waals surface area contributed by atoms with Gasteiger partial charge in [-0.2, -0.15) is 0 Å². The van der Waals surface area contributed by atoms with Crippen molar-refractivity contribution in [3.63, 3.8) is 0 Å². The molecule has 3 amide bonds. The number of thioether (sulfide) groups is 1. The van der Waals surface area contributed by atoms with Crippen molar-refractivity contribution < 1.29 is 38.1 Å². The van der Waals surface area contributed by atoms with E-state index in [4.69, 9.17) is 18.9 Å². The highest BCUT2D eigenvalue weighted by Gasteiger charge is 2.26. The number of methoxy groups -OCH3 is 3. The fourth-order valence-corrected chi connectivity index (χ4v) is 7.48. The van der Waals surface area contributed by atoms with E-state index in [0.717, 1.165) is 5.56 Å². The Bertz CT molecular complexity index is 2150. The summed E-state index contributed by atoms with van der Waals surface area (Å²) in [5.74, 6) is -0.759. The normalized spacial score (nSPS) is 11.5. The molecular formula is C42H41N3O8S2. The average molecular weight is 780 g/mol. The maximum Gasteiger partial charge on any atom is 0.341 e. The summed E-state index contributed by atoms with van der Waals surface area (Å²) >= 11 is 2.58. The van der Waals surface area contributed by atoms with Crippen molar-refractivity contribution in [2.75, 3.05) is 38.6 Å². The average Bonchev–Trinajstić information content (AvgIpc) is 3.63. The van der Waals surface area contributed by atoms with Crippen molar-refractivity contribution in [3.05, 3.63) is 125 Å². The molecule has 0 aliphatic heterocycles. The Hall–Kier alpha value is -6.05. The van der Waals surface area contributed by atoms with E-state index in [1.54, 1.807) is 67.6 Å². The van der Waals surface area contributed by atoms with E-state index in [2.05, 4.69) is 16.0 Å². The molecular weight excluding hydrogens is 739 g/mol. The number of anilines is 2. The lowest BCUT2D eigenvalue weighted by molar-refractivity contribution is -0.116. The van der Waals surface area contributed by atoms with Crippen LogP contribution >= 0.6 is 23.1 Å². The molecule has 13 heteroatoms. The molecule has 55 heavy (non-hydrogen) atoms. The molecule has 0 saturated carbocycles. The third-order valence-electron chi connectivity index (χ3n) is 8.15. The van der Waals surface area contributed by atoms with Crippen LogP contribution in [0.25, 0.3) is 17.2 Å². The van der Waals surface area contributed by atoms with Gasteiger partial charge < -0.3 is 34.9 Å². The first-order chi connectivity index (χ1) is 26.7. The second-order valence-electron chi connectivity index (χ2n) is 11.8. The van der Waals surface area contributed by atoms with Crippen LogP contribution in [0, 0.1) is 0 Å². The van der Waals surface area contributed by atoms with Gasteiger partial charge in [0.05, 0.1) is 33.2 Å². The maximum absolute atomic E-state index is 13.9. The quantitative estimate of drug-likeness (QED) is 0.0511. The van der Waals surface area contributed by atoms with Crippen molar-refractivity contribution >= 4 is 63.6 Å². The zero-order chi connectivity index (χ0) is 39.3. The van der Waals surface area contributed by atoms with Gasteiger partial charge in [0.2, 0.25) is 11.7 Å². The largest absolute Gasteiger partial charge is 0.493 e. The fraction of sp³-hybridized carbons (Fsp3) is 0.190. The van der Waals surface area contributed by atoms with E-state index < -0.39 is 23.0 Å². The molecule has 11 nitrogen and oxygen atoms in total. The number of amides is 3. The summed E-state index contributed by atoms with van der Waals surface area (Å²) in [5.41, 5.74) is 3.08. The fourth-order valence-electron chi connectivity index (χ4n) is 5.50. The molecule has 0 fully saturated rings. The van der Waals surface area contributed by atoms with Crippen molar-refractivity contribution in [2.45, 2.75) is 30.4 Å². The summed E-state index contributed by atoms with van der Waals surface area (Å²) in [6.07, 6.45) is 1.99. The smallest absolute Gasteiger partial charge is 0.341 e. The van der Waals surface area contributed by atoms with Crippen LogP contribution in [0.15, 0.2) is 113 Å². The number of thiophene rings is 1. The molecule has 3 N–H and O–H groups in total. The Kier molecular flexibility index (Phi) is 14.1. The van der Waals surface area contributed by atoms with E-state index in [-0.39, 0.29) is 18.2 Å². The van der Waals surface area contributed by atoms with Gasteiger partial charge in [-0.1, -0.05) is 61.5 Å². The van der Waals surface area contributed by atoms with Gasteiger partial charge >= 0.3 is 5.97 Å². The number of esters is 1. The molecule has 1 unspecified atom stereocenters. The Labute approximate surface area is 328 Å². The lowest BCUT2D eigenvalue weighted by atomic mass is 10.0. The number of benzene rings is 4. The van der Waals surface area contributed by atoms with E-state index >= 15 is 0 Å². The van der Waals surface area contributed by atoms with E-state index in [9.17, 15) is 19.2 Å². The molecule has 5 rings (SSSR count). The molecule has 5 aromatic rings. The first kappa shape index (κ1) is 40.1. The van der Waals surface area contributed by atoms with Gasteiger partial charge in [-0.05, 0) is 73.0 Å². The van der Waals surface area contributed by atoms with Crippen LogP contribution in [0.5, 0.6) is 17.2 Å². The number of ether oxygens (including phenoxy) is 4. The Morgan fingerprint density at radius 2 is 1.47 bits per heavy atom. The summed E-state index contributed by atoms with van der Waals surface area (Å²) in [7, 11) is 4.46. The Balaban J connectivity index is 1.37. The standard InChI is InChI=1S/C42H41N3O8S2/c1-6-35(40(48)45-41-36(42(49)53-7-2)31(25-54-41)27-15-10-8-11-16-27)55-30-20-14-19-29(24-30)43-39(47)32(44-38(46)28-17-12-9-13-18-28)21-26-22-33(50-3)37(52-5)34(23-26)51-4/h8-25,35H,6-7H2,1-5H3,(H,43,47)(H,44,46)(H,45,48)/b32-21+. The summed E-state index contributed by atoms with van der Waals surface area (Å²) < 4.78 is 21.8. The molecule has 0 radical (unpaired) electrons. The lowest BCUT2D eigenvalue weighted by Gasteiger charge is -2.16. The number of nitrogens with one attached hydrogen (secondary N) is 3. The third-order valence-corrected chi connectivity index (χ3v) is 10.4. The molecule has 0 bridgehead atoms. The topological polar surface area (TPSA) is 141 Å². The molecule has 1 aromatic heterocycles. The summed E-state index contributed by atoms with van der Waals surface area (Å²) in [6.45, 7) is 3.82. The predicted octanol–water partition coefficient (Wildman–Crippen LogP) is 8.54. The summed E-state index contributed by atoms with van der Waals surface area (Å²) in [6, 6.07) is 28.4. The number of rotatable bonds is 16. The highest BCUT2D eigenvalue weighted by molar-refractivity contribution is 8.00. The number of hydrogen-bond donors (Lipinski definition) is 3. The third kappa shape index (κ3) is 10.1. The SMILES string of the molecule is CCOC(=O)c1c(-c2ccccc2)csc1NC(=O)C(CC)Sc1cccc(NC(=O)/C(=C\c2cc(OC)c(OC)c(OC)c2)NC(=O)c2ccccc2)c1. The van der Waals surface area contributed by atoms with Gasteiger partial charge in [-0.3, -0.25) is 14.4 Å². The zero-order valence-electron chi connectivity index (χ0n) is 31.0. The van der Waals surface area contributed by atoms with Crippen molar-refractivity contribution in [3.8, 4) is 28.4 Å². The van der Waals surface area contributed by atoms with Gasteiger partial charge in [-0.15, -0.1) is 23.1 Å². The molecule has 1 heterocycles. The van der Waals surface area contributed by atoms with Gasteiger partial charge in [0, 0.05) is 27.1 Å². The van der Waals surface area contributed by atoms with Gasteiger partial charge in [0.15, 0.2) is 11.5 Å². The van der Waals surface area contributed by atoms with E-state index in [1.165, 1.54) is 50.5 Å². The maximum atomic E-state index is 13.9. The highest BCUT2D eigenvalue weighted by atomic mass is 32.2. The monoisotopic (exact) mass is 779 g/mol. The number of carbonyl (C=O) groups is 4. The van der Waals surface area contributed by atoms with Crippen LogP contribution in [-0.2, 0) is 14.3 Å². The first-order valence-corrected chi connectivity index (χ1v) is 19.1. The zero-order valence-corrected chi connectivity index (χ0v) is 32.6. The van der Waals surface area contributed by atoms with Gasteiger partial charge in [0.25, 0.3) is 11.8 Å². The van der Waals surface area contributed by atoms with Gasteiger partial charge in [-0.25, -0.2) is 4.79 Å². The molecule has 1 atom stereocenters. The Morgan fingerprint density at radius 3 is 2.09 bits per heavy atom. The minimum absolute atomic E-state index is 0.0461. The second-order valence-corrected chi connectivity index (χ2v) is 13.9. The second kappa shape index (κ2) is 19.3. The molecule has 0 aliphatic carbocycles. The van der Waals surface area contributed by atoms with Crippen LogP contribution in [0.1, 0.15) is 46.5 Å². The molecule has 4 aromatic carbocycles.